The van der Waals surface area contributed by atoms with Gasteiger partial charge in [0.05, 0.1) is 44.1 Å². The van der Waals surface area contributed by atoms with Gasteiger partial charge in [-0.2, -0.15) is 0 Å². The molecule has 0 saturated carbocycles. The first-order valence-corrected chi connectivity index (χ1v) is 17.2. The third kappa shape index (κ3) is 3.64. The molecule has 52 heavy (non-hydrogen) atoms. The van der Waals surface area contributed by atoms with Crippen LogP contribution in [0.4, 0.5) is 0 Å². The van der Waals surface area contributed by atoms with Gasteiger partial charge >= 0.3 is 0 Å². The Kier molecular flexibility index (Phi) is 5.35. The Morgan fingerprint density at radius 1 is 0.365 bits per heavy atom. The molecule has 242 valence electrons. The van der Waals surface area contributed by atoms with Crippen molar-refractivity contribution in [3.8, 4) is 17.1 Å². The summed E-state index contributed by atoms with van der Waals surface area (Å²) in [5.41, 5.74) is 13.3. The highest BCUT2D eigenvalue weighted by Gasteiger charge is 2.19. The Balaban J connectivity index is 1.07. The molecule has 8 heterocycles. The molecule has 0 radical (unpaired) electrons. The Labute approximate surface area is 294 Å². The van der Waals surface area contributed by atoms with Gasteiger partial charge in [0.2, 0.25) is 0 Å². The average molecular weight is 668 g/mol. The summed E-state index contributed by atoms with van der Waals surface area (Å²) in [6, 6.07) is 40.4. The van der Waals surface area contributed by atoms with E-state index in [-0.39, 0.29) is 0 Å². The quantitative estimate of drug-likeness (QED) is 0.187. The van der Waals surface area contributed by atoms with E-state index in [0.717, 1.165) is 105 Å². The largest absolute Gasteiger partial charge is 0.456 e. The maximum absolute atomic E-state index is 6.42. The van der Waals surface area contributed by atoms with Crippen molar-refractivity contribution in [3.63, 3.8) is 0 Å². The Bertz CT molecular complexity index is 3330. The van der Waals surface area contributed by atoms with Crippen LogP contribution in [0.25, 0.3) is 105 Å². The molecule has 0 fully saturated rings. The van der Waals surface area contributed by atoms with Crippen molar-refractivity contribution in [2.75, 3.05) is 0 Å². The van der Waals surface area contributed by atoms with Gasteiger partial charge in [-0.1, -0.05) is 18.2 Å². The number of para-hydroxylation sites is 1. The number of pyridine rings is 4. The van der Waals surface area contributed by atoms with E-state index in [1.807, 2.05) is 49.3 Å². The van der Waals surface area contributed by atoms with E-state index in [1.165, 1.54) is 0 Å². The minimum absolute atomic E-state index is 0.844. The second-order valence-electron chi connectivity index (χ2n) is 13.2. The number of fused-ring (bicyclic) bond motifs is 12. The van der Waals surface area contributed by atoms with Crippen LogP contribution in [0.15, 0.2) is 157 Å². The van der Waals surface area contributed by atoms with Crippen LogP contribution in [0.2, 0.25) is 0 Å². The van der Waals surface area contributed by atoms with E-state index < -0.39 is 0 Å². The lowest BCUT2D eigenvalue weighted by Gasteiger charge is -2.10. The highest BCUT2D eigenvalue weighted by molar-refractivity contribution is 6.12. The number of nitrogens with zero attached hydrogens (tertiary/aromatic N) is 7. The summed E-state index contributed by atoms with van der Waals surface area (Å²) in [4.78, 5) is 18.5. The summed E-state index contributed by atoms with van der Waals surface area (Å²) in [6.45, 7) is 0. The maximum Gasteiger partial charge on any atom is 0.135 e. The molecular weight excluding hydrogens is 643 g/mol. The third-order valence-electron chi connectivity index (χ3n) is 10.5. The first-order chi connectivity index (χ1) is 25.8. The predicted octanol–water partition coefficient (Wildman–Crippen LogP) is 10.5. The van der Waals surface area contributed by atoms with Crippen LogP contribution in [0, 0.1) is 0 Å². The fraction of sp³-hybridized carbons (Fsp3) is 0. The number of furan rings is 1. The van der Waals surface area contributed by atoms with E-state index >= 15 is 0 Å². The summed E-state index contributed by atoms with van der Waals surface area (Å²) >= 11 is 0. The first-order valence-electron chi connectivity index (χ1n) is 17.2. The number of hydrogen-bond donors (Lipinski definition) is 0. The van der Waals surface area contributed by atoms with Crippen LogP contribution >= 0.6 is 0 Å². The number of hydrogen-bond acceptors (Lipinski definition) is 5. The molecule has 0 bridgehead atoms. The SMILES string of the molecule is c1ccc2c(c1)c1ncccc1n2-c1ccc2oc3ccc(-n4c5ccc(-n6c7ccncc7c7cnccc76)cc5c5ncccc54)cc3c2c1. The molecule has 0 aliphatic carbocycles. The van der Waals surface area contributed by atoms with Crippen molar-refractivity contribution >= 4 is 87.6 Å². The van der Waals surface area contributed by atoms with Crippen LogP contribution in [0.1, 0.15) is 0 Å². The molecule has 8 heteroatoms. The highest BCUT2D eigenvalue weighted by Crippen LogP contribution is 2.39. The minimum atomic E-state index is 0.844. The normalized spacial score (nSPS) is 12.2. The lowest BCUT2D eigenvalue weighted by Crippen LogP contribution is -1.96. The molecule has 0 aliphatic rings. The fourth-order valence-electron chi connectivity index (χ4n) is 8.32. The van der Waals surface area contributed by atoms with Crippen molar-refractivity contribution < 1.29 is 4.42 Å². The molecule has 0 amide bonds. The van der Waals surface area contributed by atoms with Gasteiger partial charge < -0.3 is 18.1 Å². The van der Waals surface area contributed by atoms with Crippen molar-refractivity contribution in [1.82, 2.24) is 33.6 Å². The van der Waals surface area contributed by atoms with Crippen LogP contribution in [-0.4, -0.2) is 33.6 Å². The molecule has 8 aromatic heterocycles. The van der Waals surface area contributed by atoms with E-state index in [2.05, 4.69) is 127 Å². The van der Waals surface area contributed by atoms with Gasteiger partial charge in [0.25, 0.3) is 0 Å². The third-order valence-corrected chi connectivity index (χ3v) is 10.5. The molecule has 0 atom stereocenters. The maximum atomic E-state index is 6.42. The smallest absolute Gasteiger partial charge is 0.135 e. The molecule has 0 spiro atoms. The van der Waals surface area contributed by atoms with Gasteiger partial charge in [0.15, 0.2) is 0 Å². The molecule has 0 aliphatic heterocycles. The summed E-state index contributed by atoms with van der Waals surface area (Å²) in [7, 11) is 0. The summed E-state index contributed by atoms with van der Waals surface area (Å²) < 4.78 is 13.3. The molecule has 0 saturated heterocycles. The Morgan fingerprint density at radius 2 is 0.846 bits per heavy atom. The topological polar surface area (TPSA) is 79.5 Å². The zero-order valence-electron chi connectivity index (χ0n) is 27.5. The van der Waals surface area contributed by atoms with Crippen molar-refractivity contribution in [2.24, 2.45) is 0 Å². The van der Waals surface area contributed by atoms with Gasteiger partial charge in [-0.25, -0.2) is 0 Å². The molecule has 0 unspecified atom stereocenters. The zero-order valence-corrected chi connectivity index (χ0v) is 27.5. The fourth-order valence-corrected chi connectivity index (χ4v) is 8.32. The monoisotopic (exact) mass is 667 g/mol. The van der Waals surface area contributed by atoms with Crippen LogP contribution in [-0.2, 0) is 0 Å². The molecular formula is C44H25N7O. The van der Waals surface area contributed by atoms with Gasteiger partial charge in [-0.3, -0.25) is 19.9 Å². The number of benzene rings is 4. The van der Waals surface area contributed by atoms with Crippen LogP contribution in [0.5, 0.6) is 0 Å². The average Bonchev–Trinajstić information content (AvgIpc) is 3.93. The number of aromatic nitrogens is 7. The molecule has 0 N–H and O–H groups in total. The van der Waals surface area contributed by atoms with Crippen LogP contribution < -0.4 is 0 Å². The van der Waals surface area contributed by atoms with Crippen molar-refractivity contribution in [3.05, 3.63) is 152 Å². The molecule has 12 rings (SSSR count). The highest BCUT2D eigenvalue weighted by atomic mass is 16.3. The number of rotatable bonds is 3. The van der Waals surface area contributed by atoms with Crippen molar-refractivity contribution in [2.45, 2.75) is 0 Å². The van der Waals surface area contributed by atoms with Gasteiger partial charge in [0.1, 0.15) is 11.2 Å². The Hall–Kier alpha value is -7.32. The summed E-state index contributed by atoms with van der Waals surface area (Å²) in [6.07, 6.45) is 11.3. The second-order valence-corrected chi connectivity index (χ2v) is 13.2. The Morgan fingerprint density at radius 3 is 1.48 bits per heavy atom. The van der Waals surface area contributed by atoms with Gasteiger partial charge in [-0.15, -0.1) is 0 Å². The first kappa shape index (κ1) is 27.5. The van der Waals surface area contributed by atoms with Gasteiger partial charge in [-0.05, 0) is 97.1 Å². The van der Waals surface area contributed by atoms with Crippen LogP contribution in [0.3, 0.4) is 0 Å². The zero-order chi connectivity index (χ0) is 33.9. The summed E-state index contributed by atoms with van der Waals surface area (Å²) in [5, 5.41) is 6.46. The van der Waals surface area contributed by atoms with E-state index in [0.29, 0.717) is 0 Å². The van der Waals surface area contributed by atoms with E-state index in [9.17, 15) is 0 Å². The minimum Gasteiger partial charge on any atom is -0.456 e. The lowest BCUT2D eigenvalue weighted by atomic mass is 10.1. The molecule has 12 aromatic rings. The summed E-state index contributed by atoms with van der Waals surface area (Å²) in [5.74, 6) is 0. The lowest BCUT2D eigenvalue weighted by molar-refractivity contribution is 0.669. The molecule has 4 aromatic carbocycles. The standard InChI is InChI=1S/C44H25N7O/c1-2-6-35-29(5-1)43-39(7-3-17-47-43)50(35)27-10-13-41-30(21-27)31-22-28(11-14-42(31)52-41)51-36-12-9-26(23-32(36)44-40(51)8-4-18-48-44)49-37-15-19-45-24-33(37)34-25-46-20-16-38(34)49/h1-25H. The van der Waals surface area contributed by atoms with E-state index in [1.54, 1.807) is 0 Å². The second kappa shape index (κ2) is 10.1. The van der Waals surface area contributed by atoms with Crippen molar-refractivity contribution in [1.29, 1.82) is 0 Å². The van der Waals surface area contributed by atoms with Gasteiger partial charge in [0, 0.05) is 86.6 Å². The molecule has 8 nitrogen and oxygen atoms in total. The predicted molar refractivity (Wildman–Crippen MR) is 208 cm³/mol. The van der Waals surface area contributed by atoms with E-state index in [4.69, 9.17) is 14.4 Å².